The average molecular weight is 519 g/mol. The predicted molar refractivity (Wildman–Crippen MR) is 137 cm³/mol. The minimum absolute atomic E-state index is 0.0841. The summed E-state index contributed by atoms with van der Waals surface area (Å²) in [6, 6.07) is 12.1. The molecule has 36 heavy (non-hydrogen) atoms. The zero-order valence-electron chi connectivity index (χ0n) is 20.8. The van der Waals surface area contributed by atoms with Crippen molar-refractivity contribution in [3.63, 3.8) is 0 Å². The van der Waals surface area contributed by atoms with Crippen LogP contribution in [0.1, 0.15) is 37.7 Å². The van der Waals surface area contributed by atoms with E-state index in [4.69, 9.17) is 9.47 Å². The van der Waals surface area contributed by atoms with E-state index < -0.39 is 15.4 Å². The molecular weight excluding hydrogens is 483 g/mol. The van der Waals surface area contributed by atoms with Crippen LogP contribution in [-0.4, -0.2) is 64.3 Å². The molecule has 0 radical (unpaired) electrons. The minimum Gasteiger partial charge on any atom is -0.496 e. The van der Waals surface area contributed by atoms with E-state index in [9.17, 15) is 17.6 Å². The molecule has 1 N–H and O–H groups in total. The van der Waals surface area contributed by atoms with E-state index in [1.807, 2.05) is 24.3 Å². The van der Waals surface area contributed by atoms with Gasteiger partial charge in [-0.15, -0.1) is 0 Å². The van der Waals surface area contributed by atoms with E-state index >= 15 is 0 Å². The normalized spacial score (nSPS) is 18.5. The maximum atomic E-state index is 14.0. The Morgan fingerprint density at radius 1 is 1.11 bits per heavy atom. The molecule has 4 rings (SSSR count). The van der Waals surface area contributed by atoms with Crippen molar-refractivity contribution in [2.24, 2.45) is 5.41 Å². The molecule has 0 spiro atoms. The number of carbonyl (C=O) groups is 1. The van der Waals surface area contributed by atoms with Crippen LogP contribution in [0.25, 0.3) is 11.1 Å². The number of carbonyl (C=O) groups excluding carboxylic acids is 1. The predicted octanol–water partition coefficient (Wildman–Crippen LogP) is 3.77. The third kappa shape index (κ3) is 6.25. The summed E-state index contributed by atoms with van der Waals surface area (Å²) < 4.78 is 51.8. The first-order chi connectivity index (χ1) is 17.3. The van der Waals surface area contributed by atoms with Crippen molar-refractivity contribution in [3.8, 4) is 16.9 Å². The number of hydrogen-bond acceptors (Lipinski definition) is 5. The molecule has 9 heteroatoms. The molecule has 2 aromatic carbocycles. The van der Waals surface area contributed by atoms with Gasteiger partial charge < -0.3 is 14.8 Å². The van der Waals surface area contributed by atoms with Crippen LogP contribution in [-0.2, 0) is 26.0 Å². The molecule has 0 bridgehead atoms. The Morgan fingerprint density at radius 2 is 1.86 bits per heavy atom. The number of piperidine rings is 1. The molecule has 2 aromatic rings. The van der Waals surface area contributed by atoms with E-state index in [0.29, 0.717) is 56.9 Å². The molecule has 2 aliphatic rings. The number of rotatable bonds is 9. The number of nitrogens with zero attached hydrogens (tertiary/aromatic N) is 1. The van der Waals surface area contributed by atoms with E-state index in [2.05, 4.69) is 5.32 Å². The zero-order chi connectivity index (χ0) is 25.6. The molecule has 2 saturated heterocycles. The van der Waals surface area contributed by atoms with Gasteiger partial charge in [-0.3, -0.25) is 4.79 Å². The van der Waals surface area contributed by atoms with Gasteiger partial charge in [-0.2, -0.15) is 0 Å². The molecule has 196 valence electrons. The fraction of sp³-hybridized carbons (Fsp3) is 0.519. The average Bonchev–Trinajstić information content (AvgIpc) is 2.89. The van der Waals surface area contributed by atoms with Crippen molar-refractivity contribution >= 4 is 15.9 Å². The van der Waals surface area contributed by atoms with Gasteiger partial charge in [-0.05, 0) is 61.4 Å². The summed E-state index contributed by atoms with van der Waals surface area (Å²) >= 11 is 0. The Labute approximate surface area is 213 Å². The standard InChI is InChI=1S/C27H35FN2O5S/c1-34-25-9-8-23(28)19-24(25)22-7-5-6-21(18-22)20-27(10-15-35-16-11-27)26(31)29-12-17-36(32,33)30-13-3-2-4-14-30/h5-9,18-19H,2-4,10-17,20H2,1H3,(H,29,31). The molecular formula is C27H35FN2O5S. The first-order valence-electron chi connectivity index (χ1n) is 12.6. The summed E-state index contributed by atoms with van der Waals surface area (Å²) in [5, 5.41) is 2.91. The lowest BCUT2D eigenvalue weighted by Gasteiger charge is -2.36. The Kier molecular flexibility index (Phi) is 8.64. The van der Waals surface area contributed by atoms with Crippen LogP contribution in [0.4, 0.5) is 4.39 Å². The summed E-state index contributed by atoms with van der Waals surface area (Å²) in [4.78, 5) is 13.4. The van der Waals surface area contributed by atoms with Crippen molar-refractivity contribution in [2.75, 3.05) is 45.7 Å². The highest BCUT2D eigenvalue weighted by molar-refractivity contribution is 7.89. The lowest BCUT2D eigenvalue weighted by molar-refractivity contribution is -0.136. The fourth-order valence-corrected chi connectivity index (χ4v) is 6.58. The van der Waals surface area contributed by atoms with Crippen molar-refractivity contribution < 1.29 is 27.1 Å². The number of halogens is 1. The van der Waals surface area contributed by atoms with Crippen LogP contribution in [0, 0.1) is 11.2 Å². The second-order valence-electron chi connectivity index (χ2n) is 9.65. The Morgan fingerprint density at radius 3 is 2.58 bits per heavy atom. The van der Waals surface area contributed by atoms with Gasteiger partial charge in [-0.1, -0.05) is 30.7 Å². The van der Waals surface area contributed by atoms with Crippen LogP contribution in [0.5, 0.6) is 5.75 Å². The highest BCUT2D eigenvalue weighted by Gasteiger charge is 2.40. The van der Waals surface area contributed by atoms with Crippen molar-refractivity contribution in [2.45, 2.75) is 38.5 Å². The maximum Gasteiger partial charge on any atom is 0.226 e. The number of benzene rings is 2. The van der Waals surface area contributed by atoms with Gasteiger partial charge in [-0.25, -0.2) is 17.1 Å². The van der Waals surface area contributed by atoms with Gasteiger partial charge in [0.05, 0.1) is 18.3 Å². The first-order valence-corrected chi connectivity index (χ1v) is 14.2. The molecule has 2 fully saturated rings. The molecule has 0 aromatic heterocycles. The largest absolute Gasteiger partial charge is 0.496 e. The number of nitrogens with one attached hydrogen (secondary N) is 1. The summed E-state index contributed by atoms with van der Waals surface area (Å²) in [5.41, 5.74) is 1.70. The van der Waals surface area contributed by atoms with Crippen LogP contribution in [0.2, 0.25) is 0 Å². The number of methoxy groups -OCH3 is 1. The number of ether oxygens (including phenoxy) is 2. The second kappa shape index (κ2) is 11.7. The van der Waals surface area contributed by atoms with Gasteiger partial charge in [0.25, 0.3) is 0 Å². The van der Waals surface area contributed by atoms with Crippen molar-refractivity contribution in [1.82, 2.24) is 9.62 Å². The summed E-state index contributed by atoms with van der Waals surface area (Å²) in [5.74, 6) is -0.0217. The molecule has 2 heterocycles. The molecule has 0 unspecified atom stereocenters. The molecule has 1 amide bonds. The monoisotopic (exact) mass is 518 g/mol. The minimum atomic E-state index is -3.38. The van der Waals surface area contributed by atoms with E-state index in [-0.39, 0.29) is 24.0 Å². The van der Waals surface area contributed by atoms with Gasteiger partial charge >= 0.3 is 0 Å². The molecule has 0 atom stereocenters. The van der Waals surface area contributed by atoms with Gasteiger partial charge in [0.2, 0.25) is 15.9 Å². The van der Waals surface area contributed by atoms with Crippen LogP contribution < -0.4 is 10.1 Å². The Balaban J connectivity index is 1.48. The third-order valence-electron chi connectivity index (χ3n) is 7.23. The van der Waals surface area contributed by atoms with Crippen LogP contribution >= 0.6 is 0 Å². The fourth-order valence-electron chi connectivity index (χ4n) is 5.14. The molecule has 0 aliphatic carbocycles. The highest BCUT2D eigenvalue weighted by atomic mass is 32.2. The van der Waals surface area contributed by atoms with E-state index in [1.165, 1.54) is 12.1 Å². The van der Waals surface area contributed by atoms with Crippen LogP contribution in [0.3, 0.4) is 0 Å². The SMILES string of the molecule is COc1ccc(F)cc1-c1cccc(CC2(C(=O)NCCS(=O)(=O)N3CCCCC3)CCOCC2)c1. The van der Waals surface area contributed by atoms with E-state index in [1.54, 1.807) is 17.5 Å². The Bertz CT molecular complexity index is 1160. The lowest BCUT2D eigenvalue weighted by atomic mass is 9.74. The van der Waals surface area contributed by atoms with Crippen molar-refractivity contribution in [3.05, 3.63) is 53.8 Å². The van der Waals surface area contributed by atoms with Crippen LogP contribution in [0.15, 0.2) is 42.5 Å². The molecule has 7 nitrogen and oxygen atoms in total. The third-order valence-corrected chi connectivity index (χ3v) is 9.10. The van der Waals surface area contributed by atoms with Gasteiger partial charge in [0.1, 0.15) is 11.6 Å². The lowest BCUT2D eigenvalue weighted by Crippen LogP contribution is -2.48. The topological polar surface area (TPSA) is 84.9 Å². The van der Waals surface area contributed by atoms with Gasteiger partial charge in [0, 0.05) is 38.4 Å². The smallest absolute Gasteiger partial charge is 0.226 e. The van der Waals surface area contributed by atoms with E-state index in [0.717, 1.165) is 30.4 Å². The maximum absolute atomic E-state index is 14.0. The summed E-state index contributed by atoms with van der Waals surface area (Å²) in [6.07, 6.45) is 4.40. The zero-order valence-corrected chi connectivity index (χ0v) is 21.6. The second-order valence-corrected chi connectivity index (χ2v) is 11.7. The molecule has 2 aliphatic heterocycles. The number of sulfonamides is 1. The summed E-state index contributed by atoms with van der Waals surface area (Å²) in [6.45, 7) is 2.14. The number of amides is 1. The Hall–Kier alpha value is -2.49. The first kappa shape index (κ1) is 26.6. The van der Waals surface area contributed by atoms with Crippen molar-refractivity contribution in [1.29, 1.82) is 0 Å². The molecule has 0 saturated carbocycles. The van der Waals surface area contributed by atoms with Gasteiger partial charge in [0.15, 0.2) is 0 Å². The highest BCUT2D eigenvalue weighted by Crippen LogP contribution is 2.37. The number of hydrogen-bond donors (Lipinski definition) is 1. The quantitative estimate of drug-likeness (QED) is 0.546. The summed E-state index contributed by atoms with van der Waals surface area (Å²) in [7, 11) is -1.83.